The maximum Gasteiger partial charge on any atom is 0.237 e. The number of halogens is 2. The fraction of sp³-hybridized carbons (Fsp3) is 0.0769. The van der Waals surface area contributed by atoms with E-state index >= 15 is 0 Å². The van der Waals surface area contributed by atoms with Gasteiger partial charge in [-0.05, 0) is 31.2 Å². The molecular weight excluding hydrogens is 238 g/mol. The average Bonchev–Trinajstić information content (AvgIpc) is 2.34. The van der Waals surface area contributed by atoms with Crippen LogP contribution >= 0.6 is 0 Å². The number of rotatable bonds is 2. The minimum absolute atomic E-state index is 0.0398. The van der Waals surface area contributed by atoms with Gasteiger partial charge in [-0.15, -0.1) is 0 Å². The van der Waals surface area contributed by atoms with Gasteiger partial charge in [-0.1, -0.05) is 0 Å². The van der Waals surface area contributed by atoms with Crippen LogP contribution in [-0.4, -0.2) is 4.98 Å². The Bertz CT molecular complexity index is 635. The largest absolute Gasteiger partial charge is 0.434 e. The summed E-state index contributed by atoms with van der Waals surface area (Å²) in [6.45, 7) is 1.70. The standard InChI is InChI=1S/C13H8F2N2O/c1-8-2-3-9(7-16)13(17-8)18-12-6-10(14)4-5-11(12)15/h2-6H,1H3. The number of ether oxygens (including phenoxy) is 1. The molecule has 1 aromatic heterocycles. The lowest BCUT2D eigenvalue weighted by Gasteiger charge is -2.07. The van der Waals surface area contributed by atoms with E-state index in [-0.39, 0.29) is 17.2 Å². The van der Waals surface area contributed by atoms with Crippen LogP contribution in [0.1, 0.15) is 11.3 Å². The highest BCUT2D eigenvalue weighted by molar-refractivity contribution is 5.41. The molecule has 0 spiro atoms. The number of aromatic nitrogens is 1. The summed E-state index contributed by atoms with van der Waals surface area (Å²) in [7, 11) is 0. The van der Waals surface area contributed by atoms with Gasteiger partial charge >= 0.3 is 0 Å². The highest BCUT2D eigenvalue weighted by Crippen LogP contribution is 2.26. The molecule has 0 aliphatic rings. The quantitative estimate of drug-likeness (QED) is 0.816. The molecule has 5 heteroatoms. The van der Waals surface area contributed by atoms with Crippen molar-refractivity contribution in [3.8, 4) is 17.7 Å². The Hall–Kier alpha value is -2.48. The zero-order valence-corrected chi connectivity index (χ0v) is 9.45. The topological polar surface area (TPSA) is 45.9 Å². The number of hydrogen-bond acceptors (Lipinski definition) is 3. The van der Waals surface area contributed by atoms with E-state index in [1.165, 1.54) is 6.07 Å². The number of nitrogens with zero attached hydrogens (tertiary/aromatic N) is 2. The van der Waals surface area contributed by atoms with E-state index in [0.29, 0.717) is 5.69 Å². The minimum atomic E-state index is -0.719. The van der Waals surface area contributed by atoms with Crippen molar-refractivity contribution in [3.63, 3.8) is 0 Å². The first kappa shape index (κ1) is 12.0. The number of hydrogen-bond donors (Lipinski definition) is 0. The van der Waals surface area contributed by atoms with E-state index in [2.05, 4.69) is 4.98 Å². The highest BCUT2D eigenvalue weighted by atomic mass is 19.1. The Kier molecular flexibility index (Phi) is 3.20. The summed E-state index contributed by atoms with van der Waals surface area (Å²) in [5.74, 6) is -1.69. The molecule has 0 unspecified atom stereocenters. The van der Waals surface area contributed by atoms with Crippen molar-refractivity contribution in [2.24, 2.45) is 0 Å². The second-order valence-electron chi connectivity index (χ2n) is 3.59. The third kappa shape index (κ3) is 2.43. The smallest absolute Gasteiger partial charge is 0.237 e. The normalized spacial score (nSPS) is 9.89. The summed E-state index contributed by atoms with van der Waals surface area (Å²) in [5, 5.41) is 8.87. The van der Waals surface area contributed by atoms with Crippen molar-refractivity contribution < 1.29 is 13.5 Å². The first-order valence-electron chi connectivity index (χ1n) is 5.11. The molecule has 0 aliphatic heterocycles. The van der Waals surface area contributed by atoms with Gasteiger partial charge in [-0.2, -0.15) is 5.26 Å². The number of nitriles is 1. The molecule has 0 atom stereocenters. The zero-order valence-electron chi connectivity index (χ0n) is 9.45. The van der Waals surface area contributed by atoms with Crippen LogP contribution in [0.3, 0.4) is 0 Å². The second-order valence-corrected chi connectivity index (χ2v) is 3.59. The Balaban J connectivity index is 2.43. The molecule has 0 radical (unpaired) electrons. The first-order chi connectivity index (χ1) is 8.60. The van der Waals surface area contributed by atoms with E-state index in [4.69, 9.17) is 10.00 Å². The monoisotopic (exact) mass is 246 g/mol. The molecule has 0 amide bonds. The molecule has 0 fully saturated rings. The zero-order chi connectivity index (χ0) is 13.1. The fourth-order valence-corrected chi connectivity index (χ4v) is 1.36. The number of benzene rings is 1. The van der Waals surface area contributed by atoms with Crippen LogP contribution in [0.5, 0.6) is 11.6 Å². The molecule has 0 N–H and O–H groups in total. The van der Waals surface area contributed by atoms with Crippen molar-refractivity contribution in [3.05, 3.63) is 53.2 Å². The summed E-state index contributed by atoms with van der Waals surface area (Å²) in [6.07, 6.45) is 0. The molecule has 0 bridgehead atoms. The van der Waals surface area contributed by atoms with Crippen molar-refractivity contribution >= 4 is 0 Å². The van der Waals surface area contributed by atoms with E-state index in [9.17, 15) is 8.78 Å². The molecule has 2 aromatic rings. The average molecular weight is 246 g/mol. The van der Waals surface area contributed by atoms with Crippen molar-refractivity contribution in [1.82, 2.24) is 4.98 Å². The lowest BCUT2D eigenvalue weighted by molar-refractivity contribution is 0.420. The summed E-state index contributed by atoms with van der Waals surface area (Å²) in [5.41, 5.74) is 0.769. The molecular formula is C13H8F2N2O. The molecule has 1 aromatic carbocycles. The predicted molar refractivity (Wildman–Crippen MR) is 60.1 cm³/mol. The van der Waals surface area contributed by atoms with E-state index < -0.39 is 11.6 Å². The Labute approximate surface area is 102 Å². The summed E-state index contributed by atoms with van der Waals surface area (Å²) < 4.78 is 31.5. The van der Waals surface area contributed by atoms with Gasteiger partial charge in [0.15, 0.2) is 11.6 Å². The van der Waals surface area contributed by atoms with Gasteiger partial charge in [-0.3, -0.25) is 0 Å². The molecule has 0 saturated carbocycles. The van der Waals surface area contributed by atoms with E-state index in [0.717, 1.165) is 18.2 Å². The Morgan fingerprint density at radius 2 is 2.00 bits per heavy atom. The predicted octanol–water partition coefficient (Wildman–Crippen LogP) is 3.33. The third-order valence-electron chi connectivity index (χ3n) is 2.22. The molecule has 18 heavy (non-hydrogen) atoms. The van der Waals surface area contributed by atoms with Gasteiger partial charge in [0.25, 0.3) is 0 Å². The lowest BCUT2D eigenvalue weighted by atomic mass is 10.2. The number of pyridine rings is 1. The Morgan fingerprint density at radius 1 is 1.22 bits per heavy atom. The molecule has 2 rings (SSSR count). The fourth-order valence-electron chi connectivity index (χ4n) is 1.36. The second kappa shape index (κ2) is 4.80. The van der Waals surface area contributed by atoms with Gasteiger partial charge < -0.3 is 4.74 Å². The van der Waals surface area contributed by atoms with Crippen LogP contribution in [0, 0.1) is 29.9 Å². The van der Waals surface area contributed by atoms with Crippen LogP contribution in [-0.2, 0) is 0 Å². The summed E-state index contributed by atoms with van der Waals surface area (Å²) in [6, 6.07) is 7.85. The van der Waals surface area contributed by atoms with Crippen LogP contribution in [0.25, 0.3) is 0 Å². The van der Waals surface area contributed by atoms with E-state index in [1.54, 1.807) is 13.0 Å². The van der Waals surface area contributed by atoms with Gasteiger partial charge in [0.2, 0.25) is 5.88 Å². The highest BCUT2D eigenvalue weighted by Gasteiger charge is 2.11. The van der Waals surface area contributed by atoms with Crippen molar-refractivity contribution in [2.75, 3.05) is 0 Å². The lowest BCUT2D eigenvalue weighted by Crippen LogP contribution is -1.96. The molecule has 3 nitrogen and oxygen atoms in total. The maximum absolute atomic E-state index is 13.4. The summed E-state index contributed by atoms with van der Waals surface area (Å²) >= 11 is 0. The number of aryl methyl sites for hydroxylation is 1. The van der Waals surface area contributed by atoms with Crippen LogP contribution in [0.2, 0.25) is 0 Å². The van der Waals surface area contributed by atoms with Crippen molar-refractivity contribution in [2.45, 2.75) is 6.92 Å². The summed E-state index contributed by atoms with van der Waals surface area (Å²) in [4.78, 5) is 3.98. The van der Waals surface area contributed by atoms with Gasteiger partial charge in [0.05, 0.1) is 0 Å². The van der Waals surface area contributed by atoms with Crippen LogP contribution in [0.15, 0.2) is 30.3 Å². The SMILES string of the molecule is Cc1ccc(C#N)c(Oc2cc(F)ccc2F)n1. The third-order valence-corrected chi connectivity index (χ3v) is 2.22. The van der Waals surface area contributed by atoms with E-state index in [1.807, 2.05) is 6.07 Å². The molecule has 90 valence electrons. The van der Waals surface area contributed by atoms with Crippen LogP contribution in [0.4, 0.5) is 8.78 Å². The van der Waals surface area contributed by atoms with Gasteiger partial charge in [-0.25, -0.2) is 13.8 Å². The van der Waals surface area contributed by atoms with Crippen LogP contribution < -0.4 is 4.74 Å². The van der Waals surface area contributed by atoms with Crippen molar-refractivity contribution in [1.29, 1.82) is 5.26 Å². The van der Waals surface area contributed by atoms with Gasteiger partial charge in [0, 0.05) is 11.8 Å². The molecule has 0 saturated heterocycles. The molecule has 0 aliphatic carbocycles. The molecule has 1 heterocycles. The maximum atomic E-state index is 13.4. The Morgan fingerprint density at radius 3 is 2.72 bits per heavy atom. The minimum Gasteiger partial charge on any atom is -0.434 e. The first-order valence-corrected chi connectivity index (χ1v) is 5.11. The van der Waals surface area contributed by atoms with Gasteiger partial charge in [0.1, 0.15) is 17.4 Å².